The van der Waals surface area contributed by atoms with Gasteiger partial charge in [0.1, 0.15) is 0 Å². The fraction of sp³-hybridized carbons (Fsp3) is 0.333. The summed E-state index contributed by atoms with van der Waals surface area (Å²) in [5.41, 5.74) is 0.873. The quantitative estimate of drug-likeness (QED) is 0.326. The van der Waals surface area contributed by atoms with E-state index in [1.165, 1.54) is 0 Å². The molecule has 5 nitrogen and oxygen atoms in total. The Morgan fingerprint density at radius 1 is 1.71 bits per heavy atom. The molecule has 0 aromatic carbocycles. The Hall–Kier alpha value is -1.78. The third kappa shape index (κ3) is 2.62. The predicted octanol–water partition coefficient (Wildman–Crippen LogP) is 0.950. The van der Waals surface area contributed by atoms with Crippen molar-refractivity contribution >= 4 is 11.7 Å². The van der Waals surface area contributed by atoms with Gasteiger partial charge in [-0.2, -0.15) is 0 Å². The Morgan fingerprint density at radius 2 is 2.50 bits per heavy atom. The average Bonchev–Trinajstić information content (AvgIpc) is 2.66. The number of aromatic amines is 1. The lowest BCUT2D eigenvalue weighted by molar-refractivity contribution is -0.135. The smallest absolute Gasteiger partial charge is 0.356 e. The summed E-state index contributed by atoms with van der Waals surface area (Å²) in [6.45, 7) is 1.97. The molecule has 0 atom stereocenters. The summed E-state index contributed by atoms with van der Waals surface area (Å²) < 4.78 is 4.70. The van der Waals surface area contributed by atoms with E-state index in [0.29, 0.717) is 0 Å². The average molecular weight is 196 g/mol. The lowest BCUT2D eigenvalue weighted by atomic mass is 10.1. The van der Waals surface area contributed by atoms with Crippen LogP contribution in [0.5, 0.6) is 0 Å². The summed E-state index contributed by atoms with van der Waals surface area (Å²) in [5.74, 6) is -0.587. The normalized spacial score (nSPS) is 11.4. The molecular formula is C9H12N2O3. The molecule has 1 aromatic heterocycles. The standard InChI is InChI=1S/C9H12N2O3/c1-2-14-9(12)8(11-13)5-7-3-4-10-6-7/h3-4,6,10,13H,2,5H2,1H3/b11-8-. The molecule has 0 bridgehead atoms. The van der Waals surface area contributed by atoms with Crippen molar-refractivity contribution in [2.24, 2.45) is 5.16 Å². The molecule has 0 amide bonds. The fourth-order valence-electron chi connectivity index (χ4n) is 1.02. The van der Waals surface area contributed by atoms with Crippen LogP contribution in [0.25, 0.3) is 0 Å². The molecule has 0 aliphatic rings. The molecule has 2 N–H and O–H groups in total. The Labute approximate surface area is 81.4 Å². The molecule has 5 heteroatoms. The number of carbonyl (C=O) groups is 1. The largest absolute Gasteiger partial charge is 0.461 e. The number of oxime groups is 1. The van der Waals surface area contributed by atoms with Gasteiger partial charge in [0.2, 0.25) is 0 Å². The SMILES string of the molecule is CCOC(=O)/C(Cc1cc[nH]c1)=N\O. The van der Waals surface area contributed by atoms with Gasteiger partial charge in [0.05, 0.1) is 6.61 Å². The van der Waals surface area contributed by atoms with Gasteiger partial charge in [-0.05, 0) is 18.6 Å². The molecule has 0 unspecified atom stereocenters. The first-order chi connectivity index (χ1) is 6.77. The minimum Gasteiger partial charge on any atom is -0.461 e. The van der Waals surface area contributed by atoms with Gasteiger partial charge >= 0.3 is 5.97 Å². The number of nitrogens with one attached hydrogen (secondary N) is 1. The maximum absolute atomic E-state index is 11.2. The van der Waals surface area contributed by atoms with Crippen LogP contribution in [0.4, 0.5) is 0 Å². The van der Waals surface area contributed by atoms with Crippen molar-refractivity contribution < 1.29 is 14.7 Å². The van der Waals surface area contributed by atoms with Crippen LogP contribution in [-0.2, 0) is 16.0 Å². The topological polar surface area (TPSA) is 74.7 Å². The third-order valence-electron chi connectivity index (χ3n) is 1.67. The molecule has 0 fully saturated rings. The molecule has 1 aromatic rings. The van der Waals surface area contributed by atoms with E-state index in [0.717, 1.165) is 5.56 Å². The number of hydrogen-bond acceptors (Lipinski definition) is 4. The lowest BCUT2D eigenvalue weighted by Crippen LogP contribution is -2.19. The van der Waals surface area contributed by atoms with Gasteiger partial charge in [0.25, 0.3) is 0 Å². The molecule has 0 saturated carbocycles. The van der Waals surface area contributed by atoms with Crippen molar-refractivity contribution in [3.05, 3.63) is 24.0 Å². The predicted molar refractivity (Wildman–Crippen MR) is 50.4 cm³/mol. The number of nitrogens with zero attached hydrogens (tertiary/aromatic N) is 1. The van der Waals surface area contributed by atoms with E-state index in [4.69, 9.17) is 9.94 Å². The van der Waals surface area contributed by atoms with E-state index < -0.39 is 5.97 Å². The van der Waals surface area contributed by atoms with Crippen LogP contribution >= 0.6 is 0 Å². The summed E-state index contributed by atoms with van der Waals surface area (Å²) in [7, 11) is 0. The second-order valence-corrected chi connectivity index (χ2v) is 2.66. The monoisotopic (exact) mass is 196 g/mol. The van der Waals surface area contributed by atoms with E-state index >= 15 is 0 Å². The molecule has 0 spiro atoms. The van der Waals surface area contributed by atoms with Crippen molar-refractivity contribution in [2.75, 3.05) is 6.61 Å². The number of ether oxygens (including phenoxy) is 1. The molecule has 0 aliphatic carbocycles. The van der Waals surface area contributed by atoms with Gasteiger partial charge in [0.15, 0.2) is 5.71 Å². The molecule has 0 aliphatic heterocycles. The van der Waals surface area contributed by atoms with Crippen LogP contribution < -0.4 is 0 Å². The van der Waals surface area contributed by atoms with Crippen LogP contribution in [-0.4, -0.2) is 28.5 Å². The molecule has 76 valence electrons. The van der Waals surface area contributed by atoms with E-state index in [1.54, 1.807) is 25.4 Å². The Balaban J connectivity index is 2.61. The highest BCUT2D eigenvalue weighted by atomic mass is 16.5. The van der Waals surface area contributed by atoms with Crippen LogP contribution in [0.2, 0.25) is 0 Å². The van der Waals surface area contributed by atoms with Crippen LogP contribution in [0.3, 0.4) is 0 Å². The van der Waals surface area contributed by atoms with E-state index in [9.17, 15) is 4.79 Å². The minimum absolute atomic E-state index is 0.00597. The highest BCUT2D eigenvalue weighted by Crippen LogP contribution is 2.00. The number of hydrogen-bond donors (Lipinski definition) is 2. The van der Waals surface area contributed by atoms with Crippen LogP contribution in [0.15, 0.2) is 23.6 Å². The maximum Gasteiger partial charge on any atom is 0.356 e. The maximum atomic E-state index is 11.2. The molecule has 1 heterocycles. The van der Waals surface area contributed by atoms with E-state index in [1.807, 2.05) is 0 Å². The van der Waals surface area contributed by atoms with Crippen molar-refractivity contribution in [1.82, 2.24) is 4.98 Å². The summed E-state index contributed by atoms with van der Waals surface area (Å²) in [5, 5.41) is 11.5. The second kappa shape index (κ2) is 5.06. The van der Waals surface area contributed by atoms with E-state index in [2.05, 4.69) is 10.1 Å². The third-order valence-corrected chi connectivity index (χ3v) is 1.67. The molecule has 0 radical (unpaired) electrons. The van der Waals surface area contributed by atoms with Gasteiger partial charge in [-0.25, -0.2) is 4.79 Å². The Bertz CT molecular complexity index is 317. The van der Waals surface area contributed by atoms with Crippen LogP contribution in [0, 0.1) is 0 Å². The van der Waals surface area contributed by atoms with Gasteiger partial charge in [-0.3, -0.25) is 0 Å². The van der Waals surface area contributed by atoms with Crippen LogP contribution in [0.1, 0.15) is 12.5 Å². The Morgan fingerprint density at radius 3 is 3.00 bits per heavy atom. The Kier molecular flexibility index (Phi) is 3.72. The molecule has 0 saturated heterocycles. The summed E-state index contributed by atoms with van der Waals surface area (Å²) >= 11 is 0. The lowest BCUT2D eigenvalue weighted by Gasteiger charge is -2.01. The zero-order valence-electron chi connectivity index (χ0n) is 7.86. The second-order valence-electron chi connectivity index (χ2n) is 2.66. The number of aromatic nitrogens is 1. The first-order valence-corrected chi connectivity index (χ1v) is 4.27. The van der Waals surface area contributed by atoms with Gasteiger partial charge < -0.3 is 14.9 Å². The number of rotatable bonds is 4. The van der Waals surface area contributed by atoms with Gasteiger partial charge in [-0.1, -0.05) is 5.16 Å². The zero-order chi connectivity index (χ0) is 10.4. The summed E-state index contributed by atoms with van der Waals surface area (Å²) in [6, 6.07) is 1.80. The first-order valence-electron chi connectivity index (χ1n) is 4.27. The number of H-pyrrole nitrogens is 1. The molecule has 1 rings (SSSR count). The zero-order valence-corrected chi connectivity index (χ0v) is 7.86. The number of esters is 1. The highest BCUT2D eigenvalue weighted by Gasteiger charge is 2.13. The fourth-order valence-corrected chi connectivity index (χ4v) is 1.02. The first kappa shape index (κ1) is 10.3. The molecular weight excluding hydrogens is 184 g/mol. The summed E-state index contributed by atoms with van der Waals surface area (Å²) in [6.07, 6.45) is 3.72. The van der Waals surface area contributed by atoms with Gasteiger partial charge in [0, 0.05) is 18.8 Å². The highest BCUT2D eigenvalue weighted by molar-refractivity contribution is 6.36. The van der Waals surface area contributed by atoms with Crippen molar-refractivity contribution in [2.45, 2.75) is 13.3 Å². The minimum atomic E-state index is -0.587. The number of carbonyl (C=O) groups excluding carboxylic acids is 1. The van der Waals surface area contributed by atoms with E-state index in [-0.39, 0.29) is 18.7 Å². The summed E-state index contributed by atoms with van der Waals surface area (Å²) in [4.78, 5) is 14.0. The molecule has 14 heavy (non-hydrogen) atoms. The van der Waals surface area contributed by atoms with Crippen molar-refractivity contribution in [3.8, 4) is 0 Å². The van der Waals surface area contributed by atoms with Crippen molar-refractivity contribution in [3.63, 3.8) is 0 Å². The van der Waals surface area contributed by atoms with Crippen molar-refractivity contribution in [1.29, 1.82) is 0 Å². The van der Waals surface area contributed by atoms with Gasteiger partial charge in [-0.15, -0.1) is 0 Å².